The summed E-state index contributed by atoms with van der Waals surface area (Å²) in [5.74, 6) is 0.249. The van der Waals surface area contributed by atoms with Crippen LogP contribution >= 0.6 is 0 Å². The third-order valence-electron chi connectivity index (χ3n) is 5.44. The molecule has 0 radical (unpaired) electrons. The van der Waals surface area contributed by atoms with Crippen molar-refractivity contribution in [3.8, 4) is 5.75 Å². The van der Waals surface area contributed by atoms with Gasteiger partial charge in [0.1, 0.15) is 11.3 Å². The van der Waals surface area contributed by atoms with Gasteiger partial charge in [-0.15, -0.1) is 0 Å². The number of carboxylic acids is 1. The molecule has 2 aromatic carbocycles. The molecule has 0 saturated carbocycles. The minimum atomic E-state index is -1.27. The fourth-order valence-electron chi connectivity index (χ4n) is 3.57. The van der Waals surface area contributed by atoms with E-state index in [2.05, 4.69) is 18.7 Å². The Kier molecular flexibility index (Phi) is 7.78. The van der Waals surface area contributed by atoms with Crippen molar-refractivity contribution in [3.05, 3.63) is 54.1 Å². The number of aliphatic carboxylic acids is 1. The molecule has 0 fully saturated rings. The van der Waals surface area contributed by atoms with E-state index in [-0.39, 0.29) is 0 Å². The second-order valence-electron chi connectivity index (χ2n) is 9.16. The summed E-state index contributed by atoms with van der Waals surface area (Å²) in [5.41, 5.74) is 1.53. The maximum Gasteiger partial charge on any atom is 0.347 e. The molecular formula is C26H34N2O4. The predicted molar refractivity (Wildman–Crippen MR) is 127 cm³/mol. The van der Waals surface area contributed by atoms with E-state index in [1.165, 1.54) is 0 Å². The lowest BCUT2D eigenvalue weighted by molar-refractivity contribution is -0.152. The van der Waals surface area contributed by atoms with Crippen molar-refractivity contribution in [2.75, 3.05) is 18.0 Å². The minimum Gasteiger partial charge on any atom is -0.478 e. The summed E-state index contributed by atoms with van der Waals surface area (Å²) in [5, 5.41) is 9.29. The number of oxazole rings is 1. The van der Waals surface area contributed by atoms with Gasteiger partial charge >= 0.3 is 5.97 Å². The van der Waals surface area contributed by atoms with Gasteiger partial charge in [-0.1, -0.05) is 38.1 Å². The van der Waals surface area contributed by atoms with Crippen molar-refractivity contribution in [3.63, 3.8) is 0 Å². The average molecular weight is 439 g/mol. The summed E-state index contributed by atoms with van der Waals surface area (Å²) < 4.78 is 11.7. The number of benzene rings is 2. The largest absolute Gasteiger partial charge is 0.478 e. The van der Waals surface area contributed by atoms with Crippen LogP contribution in [0.3, 0.4) is 0 Å². The number of carbonyl (C=O) groups is 1. The highest BCUT2D eigenvalue weighted by Crippen LogP contribution is 2.24. The van der Waals surface area contributed by atoms with E-state index in [0.717, 1.165) is 55.4 Å². The molecule has 172 valence electrons. The third kappa shape index (κ3) is 6.49. The van der Waals surface area contributed by atoms with E-state index in [1.54, 1.807) is 19.9 Å². The topological polar surface area (TPSA) is 75.8 Å². The molecule has 1 aromatic heterocycles. The number of aromatic nitrogens is 1. The molecule has 1 heterocycles. The lowest BCUT2D eigenvalue weighted by Gasteiger charge is -2.22. The van der Waals surface area contributed by atoms with Crippen LogP contribution in [0.25, 0.3) is 11.1 Å². The van der Waals surface area contributed by atoms with Crippen molar-refractivity contribution in [2.24, 2.45) is 5.92 Å². The number of hydrogen-bond donors (Lipinski definition) is 1. The third-order valence-corrected chi connectivity index (χ3v) is 5.44. The SMILES string of the molecule is CC(C)CCCN(CCCc1cccc(OC(C)(C)C(=O)O)c1)c1nc2ccccc2o1. The van der Waals surface area contributed by atoms with Gasteiger partial charge in [0.25, 0.3) is 6.01 Å². The number of fused-ring (bicyclic) bond motifs is 1. The maximum atomic E-state index is 11.3. The Balaban J connectivity index is 1.64. The van der Waals surface area contributed by atoms with Crippen LogP contribution in [0.1, 0.15) is 52.5 Å². The first-order chi connectivity index (χ1) is 15.2. The number of ether oxygens (including phenoxy) is 1. The fraction of sp³-hybridized carbons (Fsp3) is 0.462. The summed E-state index contributed by atoms with van der Waals surface area (Å²) in [6, 6.07) is 16.2. The van der Waals surface area contributed by atoms with Crippen molar-refractivity contribution in [2.45, 2.75) is 59.0 Å². The highest BCUT2D eigenvalue weighted by Gasteiger charge is 2.29. The molecule has 0 unspecified atom stereocenters. The zero-order valence-electron chi connectivity index (χ0n) is 19.5. The summed E-state index contributed by atoms with van der Waals surface area (Å²) in [6.45, 7) is 9.32. The van der Waals surface area contributed by atoms with Crippen LogP contribution in [0.5, 0.6) is 5.75 Å². The van der Waals surface area contributed by atoms with Gasteiger partial charge in [-0.05, 0) is 75.3 Å². The second-order valence-corrected chi connectivity index (χ2v) is 9.16. The predicted octanol–water partition coefficient (Wildman–Crippen LogP) is 5.95. The molecule has 0 spiro atoms. The van der Waals surface area contributed by atoms with Gasteiger partial charge < -0.3 is 19.2 Å². The number of nitrogens with zero attached hydrogens (tertiary/aromatic N) is 2. The summed E-state index contributed by atoms with van der Waals surface area (Å²) in [4.78, 5) is 18.3. The maximum absolute atomic E-state index is 11.3. The normalized spacial score (nSPS) is 11.8. The molecule has 0 aliphatic carbocycles. The average Bonchev–Trinajstić information content (AvgIpc) is 3.16. The highest BCUT2D eigenvalue weighted by atomic mass is 16.5. The van der Waals surface area contributed by atoms with Crippen molar-refractivity contribution in [1.29, 1.82) is 0 Å². The monoisotopic (exact) mass is 438 g/mol. The van der Waals surface area contributed by atoms with E-state index in [1.807, 2.05) is 42.5 Å². The van der Waals surface area contributed by atoms with Crippen LogP contribution in [-0.2, 0) is 11.2 Å². The van der Waals surface area contributed by atoms with Crippen LogP contribution in [-0.4, -0.2) is 34.8 Å². The van der Waals surface area contributed by atoms with Crippen LogP contribution in [0, 0.1) is 5.92 Å². The molecule has 0 aliphatic rings. The first-order valence-corrected chi connectivity index (χ1v) is 11.4. The Labute approximate surface area is 190 Å². The number of anilines is 1. The Morgan fingerprint density at radius 3 is 2.59 bits per heavy atom. The van der Waals surface area contributed by atoms with Crippen molar-refractivity contribution < 1.29 is 19.1 Å². The lowest BCUT2D eigenvalue weighted by Crippen LogP contribution is -2.37. The highest BCUT2D eigenvalue weighted by molar-refractivity contribution is 5.76. The minimum absolute atomic E-state index is 0.572. The number of carboxylic acid groups (broad SMARTS) is 1. The Morgan fingerprint density at radius 2 is 1.88 bits per heavy atom. The van der Waals surface area contributed by atoms with Gasteiger partial charge in [0.05, 0.1) is 0 Å². The van der Waals surface area contributed by atoms with Gasteiger partial charge in [-0.2, -0.15) is 4.98 Å². The van der Waals surface area contributed by atoms with E-state index in [9.17, 15) is 9.90 Å². The Hall–Kier alpha value is -3.02. The van der Waals surface area contributed by atoms with Crippen LogP contribution in [0.2, 0.25) is 0 Å². The Morgan fingerprint density at radius 1 is 1.12 bits per heavy atom. The van der Waals surface area contributed by atoms with Gasteiger partial charge in [0.2, 0.25) is 0 Å². The molecule has 0 aliphatic heterocycles. The second kappa shape index (κ2) is 10.5. The van der Waals surface area contributed by atoms with Gasteiger partial charge in [0.15, 0.2) is 11.2 Å². The molecule has 6 heteroatoms. The standard InChI is InChI=1S/C26H34N2O4/c1-19(2)10-8-16-28(25-27-22-14-5-6-15-23(22)31-25)17-9-12-20-11-7-13-21(18-20)32-26(3,4)24(29)30/h5-7,11,13-15,18-19H,8-10,12,16-17H2,1-4H3,(H,29,30). The summed E-state index contributed by atoms with van der Waals surface area (Å²) >= 11 is 0. The number of para-hydroxylation sites is 2. The van der Waals surface area contributed by atoms with E-state index in [4.69, 9.17) is 14.1 Å². The molecule has 0 bridgehead atoms. The molecule has 0 saturated heterocycles. The summed E-state index contributed by atoms with van der Waals surface area (Å²) in [6.07, 6.45) is 4.03. The van der Waals surface area contributed by atoms with Gasteiger partial charge in [-0.3, -0.25) is 0 Å². The first kappa shape index (κ1) is 23.6. The zero-order chi connectivity index (χ0) is 23.1. The van der Waals surface area contributed by atoms with Crippen molar-refractivity contribution >= 4 is 23.1 Å². The molecule has 0 atom stereocenters. The number of hydrogen-bond acceptors (Lipinski definition) is 5. The Bertz CT molecular complexity index is 992. The lowest BCUT2D eigenvalue weighted by atomic mass is 10.1. The fourth-order valence-corrected chi connectivity index (χ4v) is 3.57. The first-order valence-electron chi connectivity index (χ1n) is 11.4. The molecule has 3 rings (SSSR count). The summed E-state index contributed by atoms with van der Waals surface area (Å²) in [7, 11) is 0. The quantitative estimate of drug-likeness (QED) is 0.377. The van der Waals surface area contributed by atoms with E-state index < -0.39 is 11.6 Å². The number of aryl methyl sites for hydroxylation is 1. The van der Waals surface area contributed by atoms with Crippen LogP contribution in [0.15, 0.2) is 52.9 Å². The van der Waals surface area contributed by atoms with Crippen LogP contribution < -0.4 is 9.64 Å². The van der Waals surface area contributed by atoms with E-state index in [0.29, 0.717) is 17.7 Å². The molecule has 6 nitrogen and oxygen atoms in total. The van der Waals surface area contributed by atoms with Gasteiger partial charge in [0, 0.05) is 13.1 Å². The molecule has 1 N–H and O–H groups in total. The number of rotatable bonds is 12. The van der Waals surface area contributed by atoms with Crippen molar-refractivity contribution in [1.82, 2.24) is 4.98 Å². The molecule has 0 amide bonds. The molecule has 3 aromatic rings. The van der Waals surface area contributed by atoms with Crippen LogP contribution in [0.4, 0.5) is 6.01 Å². The van der Waals surface area contributed by atoms with E-state index >= 15 is 0 Å². The molecular weight excluding hydrogens is 404 g/mol. The smallest absolute Gasteiger partial charge is 0.347 e. The molecule has 32 heavy (non-hydrogen) atoms. The zero-order valence-corrected chi connectivity index (χ0v) is 19.5. The van der Waals surface area contributed by atoms with Gasteiger partial charge in [-0.25, -0.2) is 4.79 Å².